The normalized spacial score (nSPS) is 23.9. The van der Waals surface area contributed by atoms with Crippen molar-refractivity contribution in [2.24, 2.45) is 5.41 Å². The van der Waals surface area contributed by atoms with Gasteiger partial charge in [-0.25, -0.2) is 0 Å². The van der Waals surface area contributed by atoms with Crippen LogP contribution in [0.2, 0.25) is 0 Å². The lowest BCUT2D eigenvalue weighted by Gasteiger charge is -2.35. The Morgan fingerprint density at radius 3 is 2.67 bits per heavy atom. The Hall–Kier alpha value is -0.670. The number of carbonyl (C=O) groups excluding carboxylic acids is 1. The standard InChI is InChI=1S/C15H20BrNO/c1-2-15(8-3-9-17-11-15)14(18)10-12-4-6-13(16)7-5-12/h4-7,17H,2-3,8-11H2,1H3. The van der Waals surface area contributed by atoms with Crippen molar-refractivity contribution in [3.8, 4) is 0 Å². The molecule has 0 aliphatic carbocycles. The van der Waals surface area contributed by atoms with Crippen LogP contribution in [0.4, 0.5) is 0 Å². The number of hydrogen-bond donors (Lipinski definition) is 1. The maximum atomic E-state index is 12.6. The Morgan fingerprint density at radius 2 is 2.11 bits per heavy atom. The molecule has 1 aromatic rings. The van der Waals surface area contributed by atoms with E-state index >= 15 is 0 Å². The highest BCUT2D eigenvalue weighted by molar-refractivity contribution is 9.10. The van der Waals surface area contributed by atoms with E-state index in [2.05, 4.69) is 28.2 Å². The first kappa shape index (κ1) is 13.8. The predicted octanol–water partition coefficient (Wildman–Crippen LogP) is 3.34. The molecule has 18 heavy (non-hydrogen) atoms. The van der Waals surface area contributed by atoms with Crippen molar-refractivity contribution < 1.29 is 4.79 Å². The molecule has 0 radical (unpaired) electrons. The van der Waals surface area contributed by atoms with E-state index in [0.717, 1.165) is 42.4 Å². The van der Waals surface area contributed by atoms with Crippen molar-refractivity contribution in [2.45, 2.75) is 32.6 Å². The number of hydrogen-bond acceptors (Lipinski definition) is 2. The molecule has 1 aliphatic heterocycles. The van der Waals surface area contributed by atoms with Gasteiger partial charge in [-0.1, -0.05) is 35.0 Å². The van der Waals surface area contributed by atoms with E-state index in [4.69, 9.17) is 0 Å². The van der Waals surface area contributed by atoms with Crippen LogP contribution in [0.25, 0.3) is 0 Å². The van der Waals surface area contributed by atoms with Gasteiger partial charge in [-0.15, -0.1) is 0 Å². The molecule has 1 aliphatic rings. The first-order valence-electron chi connectivity index (χ1n) is 6.65. The first-order chi connectivity index (χ1) is 8.66. The number of benzene rings is 1. The molecule has 1 N–H and O–H groups in total. The summed E-state index contributed by atoms with van der Waals surface area (Å²) in [5.74, 6) is 0.388. The lowest BCUT2D eigenvalue weighted by atomic mass is 9.73. The van der Waals surface area contributed by atoms with E-state index in [1.807, 2.05) is 24.3 Å². The molecule has 98 valence electrons. The molecular formula is C15H20BrNO. The highest BCUT2D eigenvalue weighted by Crippen LogP contribution is 2.32. The smallest absolute Gasteiger partial charge is 0.144 e. The lowest BCUT2D eigenvalue weighted by Crippen LogP contribution is -2.45. The monoisotopic (exact) mass is 309 g/mol. The summed E-state index contributed by atoms with van der Waals surface area (Å²) >= 11 is 3.42. The summed E-state index contributed by atoms with van der Waals surface area (Å²) in [6, 6.07) is 8.06. The lowest BCUT2D eigenvalue weighted by molar-refractivity contribution is -0.129. The molecule has 1 atom stereocenters. The summed E-state index contributed by atoms with van der Waals surface area (Å²) in [5, 5.41) is 3.37. The molecule has 0 aromatic heterocycles. The Labute approximate surface area is 117 Å². The molecule has 1 heterocycles. The molecule has 1 aromatic carbocycles. The fourth-order valence-electron chi connectivity index (χ4n) is 2.68. The van der Waals surface area contributed by atoms with Crippen LogP contribution in [0.1, 0.15) is 31.7 Å². The van der Waals surface area contributed by atoms with E-state index in [0.29, 0.717) is 12.2 Å². The van der Waals surface area contributed by atoms with Gasteiger partial charge >= 0.3 is 0 Å². The molecule has 1 unspecified atom stereocenters. The van der Waals surface area contributed by atoms with Crippen LogP contribution in [-0.2, 0) is 11.2 Å². The third kappa shape index (κ3) is 3.01. The molecule has 1 fully saturated rings. The molecule has 3 heteroatoms. The Balaban J connectivity index is 2.07. The van der Waals surface area contributed by atoms with Gasteiger partial charge in [0.15, 0.2) is 0 Å². The van der Waals surface area contributed by atoms with Gasteiger partial charge in [-0.2, -0.15) is 0 Å². The van der Waals surface area contributed by atoms with E-state index in [-0.39, 0.29) is 5.41 Å². The highest BCUT2D eigenvalue weighted by atomic mass is 79.9. The maximum absolute atomic E-state index is 12.6. The fourth-order valence-corrected chi connectivity index (χ4v) is 2.94. The second-order valence-corrected chi connectivity index (χ2v) is 6.06. The fraction of sp³-hybridized carbons (Fsp3) is 0.533. The van der Waals surface area contributed by atoms with Crippen LogP contribution in [0.15, 0.2) is 28.7 Å². The van der Waals surface area contributed by atoms with E-state index < -0.39 is 0 Å². The van der Waals surface area contributed by atoms with Gasteiger partial charge in [0, 0.05) is 22.9 Å². The van der Waals surface area contributed by atoms with Gasteiger partial charge in [0.1, 0.15) is 5.78 Å². The predicted molar refractivity (Wildman–Crippen MR) is 77.7 cm³/mol. The second-order valence-electron chi connectivity index (χ2n) is 5.14. The molecular weight excluding hydrogens is 290 g/mol. The number of Topliss-reactive ketones (excluding diaryl/α,β-unsaturated/α-hetero) is 1. The molecule has 0 spiro atoms. The minimum atomic E-state index is -0.134. The van der Waals surface area contributed by atoms with Crippen LogP contribution in [0, 0.1) is 5.41 Å². The average molecular weight is 310 g/mol. The zero-order valence-corrected chi connectivity index (χ0v) is 12.4. The summed E-state index contributed by atoms with van der Waals surface area (Å²) in [6.45, 7) is 4.03. The minimum absolute atomic E-state index is 0.134. The van der Waals surface area contributed by atoms with Crippen LogP contribution < -0.4 is 5.32 Å². The van der Waals surface area contributed by atoms with Crippen molar-refractivity contribution in [2.75, 3.05) is 13.1 Å². The van der Waals surface area contributed by atoms with Crippen molar-refractivity contribution in [3.05, 3.63) is 34.3 Å². The largest absolute Gasteiger partial charge is 0.316 e. The molecule has 0 saturated carbocycles. The topological polar surface area (TPSA) is 29.1 Å². The van der Waals surface area contributed by atoms with E-state index in [1.54, 1.807) is 0 Å². The van der Waals surface area contributed by atoms with Gasteiger partial charge in [-0.05, 0) is 43.5 Å². The van der Waals surface area contributed by atoms with Crippen LogP contribution in [0.3, 0.4) is 0 Å². The summed E-state index contributed by atoms with van der Waals surface area (Å²) in [6.07, 6.45) is 3.64. The van der Waals surface area contributed by atoms with Crippen molar-refractivity contribution >= 4 is 21.7 Å². The van der Waals surface area contributed by atoms with Crippen LogP contribution in [0.5, 0.6) is 0 Å². The number of nitrogens with one attached hydrogen (secondary N) is 1. The van der Waals surface area contributed by atoms with Crippen molar-refractivity contribution in [1.82, 2.24) is 5.32 Å². The third-order valence-electron chi connectivity index (χ3n) is 4.02. The van der Waals surface area contributed by atoms with Crippen LogP contribution in [-0.4, -0.2) is 18.9 Å². The van der Waals surface area contributed by atoms with Crippen molar-refractivity contribution in [1.29, 1.82) is 0 Å². The zero-order valence-electron chi connectivity index (χ0n) is 10.8. The number of rotatable bonds is 4. The van der Waals surface area contributed by atoms with Crippen molar-refractivity contribution in [3.63, 3.8) is 0 Å². The van der Waals surface area contributed by atoms with E-state index in [9.17, 15) is 4.79 Å². The molecule has 1 saturated heterocycles. The number of ketones is 1. The number of carbonyl (C=O) groups is 1. The van der Waals surface area contributed by atoms with Gasteiger partial charge in [0.05, 0.1) is 0 Å². The Morgan fingerprint density at radius 1 is 1.39 bits per heavy atom. The maximum Gasteiger partial charge on any atom is 0.144 e. The zero-order chi connectivity index (χ0) is 13.0. The quantitative estimate of drug-likeness (QED) is 0.924. The molecule has 2 nitrogen and oxygen atoms in total. The third-order valence-corrected chi connectivity index (χ3v) is 4.55. The number of piperidine rings is 1. The van der Waals surface area contributed by atoms with E-state index in [1.165, 1.54) is 0 Å². The van der Waals surface area contributed by atoms with Gasteiger partial charge in [-0.3, -0.25) is 4.79 Å². The highest BCUT2D eigenvalue weighted by Gasteiger charge is 2.36. The molecule has 2 rings (SSSR count). The van der Waals surface area contributed by atoms with Crippen LogP contribution >= 0.6 is 15.9 Å². The van der Waals surface area contributed by atoms with Gasteiger partial charge < -0.3 is 5.32 Å². The second kappa shape index (κ2) is 5.98. The average Bonchev–Trinajstić information content (AvgIpc) is 2.42. The molecule has 0 amide bonds. The first-order valence-corrected chi connectivity index (χ1v) is 7.44. The summed E-state index contributed by atoms with van der Waals surface area (Å²) in [5.41, 5.74) is 0.979. The minimum Gasteiger partial charge on any atom is -0.316 e. The molecule has 0 bridgehead atoms. The summed E-state index contributed by atoms with van der Waals surface area (Å²) in [7, 11) is 0. The van der Waals surface area contributed by atoms with Gasteiger partial charge in [0.2, 0.25) is 0 Å². The van der Waals surface area contributed by atoms with Gasteiger partial charge in [0.25, 0.3) is 0 Å². The SMILES string of the molecule is CCC1(C(=O)Cc2ccc(Br)cc2)CCCNC1. The summed E-state index contributed by atoms with van der Waals surface area (Å²) < 4.78 is 1.06. The summed E-state index contributed by atoms with van der Waals surface area (Å²) in [4.78, 5) is 12.6. The number of halogens is 1. The Kier molecular flexibility index (Phi) is 4.57. The Bertz CT molecular complexity index is 407.